The van der Waals surface area contributed by atoms with E-state index in [1.807, 2.05) is 43.3 Å². The summed E-state index contributed by atoms with van der Waals surface area (Å²) < 4.78 is 0. The number of fused-ring (bicyclic) bond motifs is 1. The van der Waals surface area contributed by atoms with Gasteiger partial charge in [0.1, 0.15) is 0 Å². The maximum absolute atomic E-state index is 10.0. The summed E-state index contributed by atoms with van der Waals surface area (Å²) in [6.07, 6.45) is 1.42. The van der Waals surface area contributed by atoms with Gasteiger partial charge in [0, 0.05) is 11.1 Å². The van der Waals surface area contributed by atoms with E-state index in [1.165, 1.54) is 11.1 Å². The first kappa shape index (κ1) is 13.7. The van der Waals surface area contributed by atoms with E-state index in [0.29, 0.717) is 0 Å². The van der Waals surface area contributed by atoms with E-state index < -0.39 is 6.10 Å². The average molecular weight is 274 g/mol. The molecule has 0 aliphatic heterocycles. The molecule has 1 aliphatic rings. The first-order valence-electron chi connectivity index (χ1n) is 7.32. The normalized spacial score (nSPS) is 15.0. The van der Waals surface area contributed by atoms with Gasteiger partial charge in [-0.1, -0.05) is 54.3 Å². The molecule has 0 saturated heterocycles. The summed E-state index contributed by atoms with van der Waals surface area (Å²) in [7, 11) is 0. The van der Waals surface area contributed by atoms with Crippen molar-refractivity contribution in [1.82, 2.24) is 0 Å². The third-order valence-electron chi connectivity index (χ3n) is 3.88. The summed E-state index contributed by atoms with van der Waals surface area (Å²) in [5.41, 5.74) is 5.54. The largest absolute Gasteiger partial charge is 0.389 e. The zero-order chi connectivity index (χ0) is 14.7. The second-order valence-electron chi connectivity index (χ2n) is 5.35. The second kappa shape index (κ2) is 5.99. The molecule has 1 nitrogen and oxygen atoms in total. The van der Waals surface area contributed by atoms with Crippen molar-refractivity contribution < 1.29 is 5.11 Å². The molecule has 0 bridgehead atoms. The quantitative estimate of drug-likeness (QED) is 0.784. The molecule has 1 aliphatic carbocycles. The molecule has 0 fully saturated rings. The van der Waals surface area contributed by atoms with Crippen LogP contribution < -0.4 is 0 Å². The molecule has 1 atom stereocenters. The molecule has 3 rings (SSSR count). The van der Waals surface area contributed by atoms with E-state index in [2.05, 4.69) is 30.0 Å². The highest BCUT2D eigenvalue weighted by Crippen LogP contribution is 2.32. The fraction of sp³-hybridized carbons (Fsp3) is 0.200. The third-order valence-corrected chi connectivity index (χ3v) is 3.88. The number of aliphatic hydroxyl groups is 1. The summed E-state index contributed by atoms with van der Waals surface area (Å²) in [6.45, 7) is 1.83. The predicted octanol–water partition coefficient (Wildman–Crippen LogP) is 3.82. The van der Waals surface area contributed by atoms with Gasteiger partial charge in [0.05, 0.1) is 6.10 Å². The maximum atomic E-state index is 10.0. The van der Waals surface area contributed by atoms with E-state index in [1.54, 1.807) is 0 Å². The molecule has 1 N–H and O–H groups in total. The molecule has 1 unspecified atom stereocenters. The van der Waals surface area contributed by atoms with E-state index >= 15 is 0 Å². The van der Waals surface area contributed by atoms with Crippen LogP contribution in [0.2, 0.25) is 0 Å². The fourth-order valence-electron chi connectivity index (χ4n) is 2.77. The lowest BCUT2D eigenvalue weighted by Crippen LogP contribution is -2.13. The molecule has 21 heavy (non-hydrogen) atoms. The van der Waals surface area contributed by atoms with E-state index in [9.17, 15) is 5.11 Å². The Hall–Kier alpha value is -2.30. The van der Waals surface area contributed by atoms with Crippen molar-refractivity contribution in [2.45, 2.75) is 25.9 Å². The number of aliphatic hydroxyl groups excluding tert-OH is 1. The topological polar surface area (TPSA) is 20.2 Å². The monoisotopic (exact) mass is 274 g/mol. The Kier molecular flexibility index (Phi) is 3.90. The van der Waals surface area contributed by atoms with Gasteiger partial charge >= 0.3 is 0 Å². The van der Waals surface area contributed by atoms with Gasteiger partial charge < -0.3 is 5.11 Å². The van der Waals surface area contributed by atoms with Crippen LogP contribution in [0.15, 0.2) is 60.2 Å². The molecule has 1 heteroatoms. The molecule has 0 radical (unpaired) electrons. The minimum Gasteiger partial charge on any atom is -0.389 e. The summed E-state index contributed by atoms with van der Waals surface area (Å²) in [6, 6.07) is 18.3. The Labute approximate surface area is 126 Å². The van der Waals surface area contributed by atoms with Crippen molar-refractivity contribution in [3.05, 3.63) is 76.9 Å². The van der Waals surface area contributed by atoms with Gasteiger partial charge in [-0.2, -0.15) is 0 Å². The van der Waals surface area contributed by atoms with Gasteiger partial charge in [-0.05, 0) is 48.6 Å². The number of allylic oxidation sites excluding steroid dienone is 1. The lowest BCUT2D eigenvalue weighted by molar-refractivity contribution is 0.227. The van der Waals surface area contributed by atoms with Crippen LogP contribution in [0.5, 0.6) is 0 Å². The molecule has 2 aromatic carbocycles. The van der Waals surface area contributed by atoms with Gasteiger partial charge in [0.2, 0.25) is 0 Å². The average Bonchev–Trinajstić information content (AvgIpc) is 2.53. The summed E-state index contributed by atoms with van der Waals surface area (Å²) >= 11 is 0. The minimum absolute atomic E-state index is 0.446. The first-order valence-corrected chi connectivity index (χ1v) is 7.32. The molecular weight excluding hydrogens is 256 g/mol. The van der Waals surface area contributed by atoms with Crippen molar-refractivity contribution in [3.63, 3.8) is 0 Å². The van der Waals surface area contributed by atoms with Gasteiger partial charge in [-0.3, -0.25) is 0 Å². The van der Waals surface area contributed by atoms with Crippen LogP contribution in [-0.2, 0) is 6.42 Å². The fourth-order valence-corrected chi connectivity index (χ4v) is 2.77. The van der Waals surface area contributed by atoms with Crippen LogP contribution in [-0.4, -0.2) is 11.2 Å². The number of hydrogen-bond acceptors (Lipinski definition) is 1. The highest BCUT2D eigenvalue weighted by Gasteiger charge is 2.20. The SMILES string of the molecule is CC(O)C1=C(C#Cc2ccccc2)c2ccccc2CC1. The van der Waals surface area contributed by atoms with Crippen LogP contribution in [0.4, 0.5) is 0 Å². The predicted molar refractivity (Wildman–Crippen MR) is 86.7 cm³/mol. The van der Waals surface area contributed by atoms with Crippen molar-refractivity contribution in [1.29, 1.82) is 0 Å². The van der Waals surface area contributed by atoms with Crippen molar-refractivity contribution in [2.75, 3.05) is 0 Å². The van der Waals surface area contributed by atoms with Crippen LogP contribution >= 0.6 is 0 Å². The zero-order valence-corrected chi connectivity index (χ0v) is 12.1. The summed E-state index contributed by atoms with van der Waals surface area (Å²) in [5, 5.41) is 10.0. The Morgan fingerprint density at radius 2 is 1.62 bits per heavy atom. The second-order valence-corrected chi connectivity index (χ2v) is 5.35. The van der Waals surface area contributed by atoms with Gasteiger partial charge in [-0.25, -0.2) is 0 Å². The summed E-state index contributed by atoms with van der Waals surface area (Å²) in [4.78, 5) is 0. The molecule has 0 saturated carbocycles. The van der Waals surface area contributed by atoms with Crippen molar-refractivity contribution in [3.8, 4) is 11.8 Å². The number of hydrogen-bond donors (Lipinski definition) is 1. The zero-order valence-electron chi connectivity index (χ0n) is 12.1. The van der Waals surface area contributed by atoms with Gasteiger partial charge in [-0.15, -0.1) is 0 Å². The minimum atomic E-state index is -0.446. The molecule has 0 amide bonds. The lowest BCUT2D eigenvalue weighted by Gasteiger charge is -2.22. The molecule has 0 heterocycles. The van der Waals surface area contributed by atoms with Crippen LogP contribution in [0.25, 0.3) is 5.57 Å². The van der Waals surface area contributed by atoms with E-state index in [-0.39, 0.29) is 0 Å². The van der Waals surface area contributed by atoms with Gasteiger partial charge in [0.25, 0.3) is 0 Å². The molecule has 104 valence electrons. The van der Waals surface area contributed by atoms with Crippen molar-refractivity contribution in [2.24, 2.45) is 0 Å². The number of rotatable bonds is 1. The number of benzene rings is 2. The molecule has 0 spiro atoms. The Morgan fingerprint density at radius 3 is 2.38 bits per heavy atom. The van der Waals surface area contributed by atoms with E-state index in [0.717, 1.165) is 29.6 Å². The highest BCUT2D eigenvalue weighted by atomic mass is 16.3. The van der Waals surface area contributed by atoms with Crippen molar-refractivity contribution >= 4 is 5.57 Å². The maximum Gasteiger partial charge on any atom is 0.0737 e. The third kappa shape index (κ3) is 2.91. The molecule has 2 aromatic rings. The highest BCUT2D eigenvalue weighted by molar-refractivity contribution is 5.85. The molecular formula is C20H18O. The molecule has 0 aromatic heterocycles. The Morgan fingerprint density at radius 1 is 0.905 bits per heavy atom. The Balaban J connectivity index is 2.09. The van der Waals surface area contributed by atoms with Gasteiger partial charge in [0.15, 0.2) is 0 Å². The summed E-state index contributed by atoms with van der Waals surface area (Å²) in [5.74, 6) is 6.52. The number of aryl methyl sites for hydroxylation is 1. The Bertz CT molecular complexity index is 727. The first-order chi connectivity index (χ1) is 10.3. The van der Waals surface area contributed by atoms with Crippen LogP contribution in [0.1, 0.15) is 30.0 Å². The standard InChI is InChI=1S/C20H18O/c1-15(21)18-14-12-17-9-5-6-10-19(17)20(18)13-11-16-7-3-2-4-8-16/h2-10,15,21H,12,14H2,1H3. The smallest absolute Gasteiger partial charge is 0.0737 e. The van der Waals surface area contributed by atoms with Crippen LogP contribution in [0, 0.1) is 11.8 Å². The van der Waals surface area contributed by atoms with E-state index in [4.69, 9.17) is 0 Å². The lowest BCUT2D eigenvalue weighted by atomic mass is 9.84. The van der Waals surface area contributed by atoms with Crippen LogP contribution in [0.3, 0.4) is 0 Å².